The van der Waals surface area contributed by atoms with Crippen molar-refractivity contribution >= 4 is 0 Å². The summed E-state index contributed by atoms with van der Waals surface area (Å²) in [7, 11) is 0. The Morgan fingerprint density at radius 3 is 1.97 bits per heavy atom. The summed E-state index contributed by atoms with van der Waals surface area (Å²) in [6.07, 6.45) is 0.964. The van der Waals surface area contributed by atoms with Gasteiger partial charge in [0, 0.05) is 0 Å². The van der Waals surface area contributed by atoms with Gasteiger partial charge in [0.2, 0.25) is 0 Å². The Morgan fingerprint density at radius 1 is 0.562 bits per heavy atom. The van der Waals surface area contributed by atoms with E-state index in [9.17, 15) is 0 Å². The van der Waals surface area contributed by atoms with E-state index in [-0.39, 0.29) is 0 Å². The number of rotatable bonds is 8. The van der Waals surface area contributed by atoms with Gasteiger partial charge in [-0.15, -0.1) is 0 Å². The third kappa shape index (κ3) is 6.49. The summed E-state index contributed by atoms with van der Waals surface area (Å²) in [4.78, 5) is 0. The Kier molecular flexibility index (Phi) is 8.94. The Balaban J connectivity index is 0.00000141. The van der Waals surface area contributed by atoms with Gasteiger partial charge in [-0.3, -0.25) is 0 Å². The van der Waals surface area contributed by atoms with Gasteiger partial charge >= 0.3 is 0 Å². The highest BCUT2D eigenvalue weighted by Crippen LogP contribution is 2.26. The molecule has 2 nitrogen and oxygen atoms in total. The van der Waals surface area contributed by atoms with Crippen molar-refractivity contribution in [2.45, 2.75) is 40.4 Å². The normalized spacial score (nSPS) is 10.1. The van der Waals surface area contributed by atoms with Crippen molar-refractivity contribution in [1.82, 2.24) is 0 Å². The number of hydrogen-bond donors (Lipinski definition) is 0. The van der Waals surface area contributed by atoms with Crippen LogP contribution in [0.4, 0.5) is 0 Å². The maximum atomic E-state index is 6.09. The molecule has 32 heavy (non-hydrogen) atoms. The van der Waals surface area contributed by atoms with E-state index < -0.39 is 0 Å². The van der Waals surface area contributed by atoms with Gasteiger partial charge < -0.3 is 9.47 Å². The van der Waals surface area contributed by atoms with Crippen molar-refractivity contribution in [3.05, 3.63) is 120 Å². The van der Waals surface area contributed by atoms with E-state index in [1.807, 2.05) is 56.3 Å². The highest BCUT2D eigenvalue weighted by atomic mass is 16.5. The number of aryl methyl sites for hydroxylation is 1. The van der Waals surface area contributed by atoms with Gasteiger partial charge in [-0.25, -0.2) is 0 Å². The lowest BCUT2D eigenvalue weighted by atomic mass is 10.0. The highest BCUT2D eigenvalue weighted by molar-refractivity contribution is 5.65. The number of para-hydroxylation sites is 1. The van der Waals surface area contributed by atoms with Crippen LogP contribution in [0, 0.1) is 0 Å². The largest absolute Gasteiger partial charge is 0.489 e. The molecule has 0 saturated heterocycles. The maximum absolute atomic E-state index is 6.09. The molecule has 0 bridgehead atoms. The molecule has 0 unspecified atom stereocenters. The van der Waals surface area contributed by atoms with Crippen LogP contribution in [0.15, 0.2) is 103 Å². The minimum absolute atomic E-state index is 0.551. The maximum Gasteiger partial charge on any atom is 0.122 e. The molecule has 0 spiro atoms. The summed E-state index contributed by atoms with van der Waals surface area (Å²) in [5.41, 5.74) is 5.83. The average molecular weight is 425 g/mol. The molecule has 4 aromatic rings. The third-order valence-electron chi connectivity index (χ3n) is 5.09. The van der Waals surface area contributed by atoms with Gasteiger partial charge in [0.25, 0.3) is 0 Å². The molecule has 0 atom stereocenters. The molecule has 0 fully saturated rings. The van der Waals surface area contributed by atoms with Crippen molar-refractivity contribution in [3.63, 3.8) is 0 Å². The molecule has 0 amide bonds. The first-order valence-corrected chi connectivity index (χ1v) is 11.4. The van der Waals surface area contributed by atoms with Gasteiger partial charge in [-0.1, -0.05) is 99.6 Å². The standard InChI is InChI=1S/C28H26O2.C2H6/c1-2-24-13-6-7-17-28(24)30-21-23-12-8-14-25(18-23)26-15-9-16-27(19-26)29-20-22-10-4-3-5-11-22;1-2/h3-19H,2,20-21H2,1H3;1-2H3. The molecule has 2 heteroatoms. The quantitative estimate of drug-likeness (QED) is 0.284. The number of benzene rings is 4. The molecule has 0 aliphatic heterocycles. The molecule has 0 aliphatic carbocycles. The van der Waals surface area contributed by atoms with Gasteiger partial charge in [-0.2, -0.15) is 0 Å². The first-order valence-electron chi connectivity index (χ1n) is 11.4. The van der Waals surface area contributed by atoms with E-state index in [0.717, 1.165) is 40.2 Å². The second-order valence-electron chi connectivity index (χ2n) is 7.25. The van der Waals surface area contributed by atoms with E-state index in [4.69, 9.17) is 9.47 Å². The zero-order valence-electron chi connectivity index (χ0n) is 19.3. The van der Waals surface area contributed by atoms with Crippen LogP contribution in [0.5, 0.6) is 11.5 Å². The fraction of sp³-hybridized carbons (Fsp3) is 0.200. The predicted molar refractivity (Wildman–Crippen MR) is 134 cm³/mol. The second-order valence-corrected chi connectivity index (χ2v) is 7.25. The molecule has 0 heterocycles. The molecule has 0 radical (unpaired) electrons. The zero-order valence-corrected chi connectivity index (χ0v) is 19.3. The van der Waals surface area contributed by atoms with Gasteiger partial charge in [0.05, 0.1) is 0 Å². The minimum Gasteiger partial charge on any atom is -0.489 e. The lowest BCUT2D eigenvalue weighted by Crippen LogP contribution is -1.98. The Hall–Kier alpha value is -3.52. The van der Waals surface area contributed by atoms with E-state index in [1.54, 1.807) is 0 Å². The van der Waals surface area contributed by atoms with Crippen LogP contribution < -0.4 is 9.47 Å². The van der Waals surface area contributed by atoms with Crippen molar-refractivity contribution in [2.24, 2.45) is 0 Å². The lowest BCUT2D eigenvalue weighted by molar-refractivity contribution is 0.303. The van der Waals surface area contributed by atoms with Gasteiger partial charge in [0.1, 0.15) is 24.7 Å². The minimum atomic E-state index is 0.551. The molecule has 0 saturated carbocycles. The SMILES string of the molecule is CC.CCc1ccccc1OCc1cccc(-c2cccc(OCc3ccccc3)c2)c1. The molecule has 0 aromatic heterocycles. The number of hydrogen-bond acceptors (Lipinski definition) is 2. The van der Waals surface area contributed by atoms with Crippen molar-refractivity contribution in [1.29, 1.82) is 0 Å². The third-order valence-corrected chi connectivity index (χ3v) is 5.09. The van der Waals surface area contributed by atoms with E-state index in [1.165, 1.54) is 5.56 Å². The van der Waals surface area contributed by atoms with Crippen LogP contribution in [0.2, 0.25) is 0 Å². The molecule has 4 rings (SSSR count). The Labute approximate surface area is 192 Å². The summed E-state index contributed by atoms with van der Waals surface area (Å²) >= 11 is 0. The number of ether oxygens (including phenoxy) is 2. The van der Waals surface area contributed by atoms with Crippen LogP contribution in [-0.4, -0.2) is 0 Å². The summed E-state index contributed by atoms with van der Waals surface area (Å²) in [5, 5.41) is 0. The Morgan fingerprint density at radius 2 is 1.19 bits per heavy atom. The molecule has 4 aromatic carbocycles. The zero-order chi connectivity index (χ0) is 22.6. The molecule has 164 valence electrons. The molecular formula is C30H32O2. The summed E-state index contributed by atoms with van der Waals surface area (Å²) in [5.74, 6) is 1.83. The second kappa shape index (κ2) is 12.4. The fourth-order valence-electron chi connectivity index (χ4n) is 3.44. The molecular weight excluding hydrogens is 392 g/mol. The first-order chi connectivity index (χ1) is 15.8. The van der Waals surface area contributed by atoms with Crippen LogP contribution in [0.25, 0.3) is 11.1 Å². The molecule has 0 aliphatic rings. The highest BCUT2D eigenvalue weighted by Gasteiger charge is 2.05. The lowest BCUT2D eigenvalue weighted by Gasteiger charge is -2.12. The monoisotopic (exact) mass is 424 g/mol. The van der Waals surface area contributed by atoms with Crippen LogP contribution in [0.3, 0.4) is 0 Å². The van der Waals surface area contributed by atoms with Crippen molar-refractivity contribution in [2.75, 3.05) is 0 Å². The topological polar surface area (TPSA) is 18.5 Å². The van der Waals surface area contributed by atoms with E-state index in [0.29, 0.717) is 13.2 Å². The molecule has 0 N–H and O–H groups in total. The van der Waals surface area contributed by atoms with Crippen LogP contribution in [-0.2, 0) is 19.6 Å². The fourth-order valence-corrected chi connectivity index (χ4v) is 3.44. The van der Waals surface area contributed by atoms with E-state index >= 15 is 0 Å². The Bertz CT molecular complexity index is 1090. The van der Waals surface area contributed by atoms with Gasteiger partial charge in [-0.05, 0) is 58.5 Å². The average Bonchev–Trinajstić information content (AvgIpc) is 2.88. The summed E-state index contributed by atoms with van der Waals surface area (Å²) < 4.78 is 12.1. The van der Waals surface area contributed by atoms with Crippen LogP contribution in [0.1, 0.15) is 37.5 Å². The summed E-state index contributed by atoms with van der Waals surface area (Å²) in [6, 6.07) is 35.2. The van der Waals surface area contributed by atoms with Crippen molar-refractivity contribution < 1.29 is 9.47 Å². The first kappa shape index (κ1) is 23.1. The van der Waals surface area contributed by atoms with Crippen molar-refractivity contribution in [3.8, 4) is 22.6 Å². The predicted octanol–water partition coefficient (Wildman–Crippen LogP) is 8.10. The smallest absolute Gasteiger partial charge is 0.122 e. The van der Waals surface area contributed by atoms with Gasteiger partial charge in [0.15, 0.2) is 0 Å². The van der Waals surface area contributed by atoms with Crippen LogP contribution >= 0.6 is 0 Å². The summed E-state index contributed by atoms with van der Waals surface area (Å²) in [6.45, 7) is 7.26. The van der Waals surface area contributed by atoms with E-state index in [2.05, 4.69) is 67.6 Å².